The first-order valence-electron chi connectivity index (χ1n) is 9.04. The molecule has 0 saturated carbocycles. The van der Waals surface area contributed by atoms with E-state index in [-0.39, 0.29) is 0 Å². The van der Waals surface area contributed by atoms with E-state index in [1.54, 1.807) is 0 Å². The summed E-state index contributed by atoms with van der Waals surface area (Å²) in [7, 11) is 2.19. The lowest BCUT2D eigenvalue weighted by atomic mass is 10.1. The molecule has 0 amide bonds. The van der Waals surface area contributed by atoms with Gasteiger partial charge >= 0.3 is 0 Å². The van der Waals surface area contributed by atoms with Gasteiger partial charge in [-0.1, -0.05) is 12.1 Å². The van der Waals surface area contributed by atoms with Crippen molar-refractivity contribution in [3.8, 4) is 5.69 Å². The van der Waals surface area contributed by atoms with E-state index < -0.39 is 0 Å². The smallest absolute Gasteiger partial charge is 0.0651 e. The lowest BCUT2D eigenvalue weighted by Gasteiger charge is -2.25. The van der Waals surface area contributed by atoms with Gasteiger partial charge in [0.25, 0.3) is 0 Å². The monoisotopic (exact) mass is 327 g/mol. The molecule has 24 heavy (non-hydrogen) atoms. The maximum atomic E-state index is 5.83. The molecule has 1 atom stereocenters. The molecule has 0 spiro atoms. The minimum Gasteiger partial charge on any atom is -0.378 e. The van der Waals surface area contributed by atoms with E-state index in [4.69, 9.17) is 4.74 Å². The Morgan fingerprint density at radius 3 is 2.83 bits per heavy atom. The minimum absolute atomic E-state index is 0.460. The third-order valence-corrected chi connectivity index (χ3v) is 4.72. The summed E-state index contributed by atoms with van der Waals surface area (Å²) in [5.74, 6) is 0. The molecular formula is C20H29N3O. The zero-order valence-electron chi connectivity index (χ0n) is 15.2. The van der Waals surface area contributed by atoms with Crippen LogP contribution in [0.25, 0.3) is 5.69 Å². The van der Waals surface area contributed by atoms with Crippen LogP contribution in [0.5, 0.6) is 0 Å². The largest absolute Gasteiger partial charge is 0.378 e. The van der Waals surface area contributed by atoms with Crippen molar-refractivity contribution in [2.45, 2.75) is 52.2 Å². The number of aromatic nitrogens is 2. The number of hydrogen-bond donors (Lipinski definition) is 0. The first kappa shape index (κ1) is 17.2. The minimum atomic E-state index is 0.460. The van der Waals surface area contributed by atoms with E-state index in [0.29, 0.717) is 6.10 Å². The third kappa shape index (κ3) is 4.46. The lowest BCUT2D eigenvalue weighted by Crippen LogP contribution is -2.26. The van der Waals surface area contributed by atoms with E-state index >= 15 is 0 Å². The van der Waals surface area contributed by atoms with Crippen molar-refractivity contribution in [2.75, 3.05) is 20.2 Å². The molecule has 3 rings (SSSR count). The molecule has 1 aromatic heterocycles. The number of rotatable bonds is 6. The Labute approximate surface area is 145 Å². The van der Waals surface area contributed by atoms with Crippen LogP contribution in [0.1, 0.15) is 42.6 Å². The zero-order chi connectivity index (χ0) is 16.9. The zero-order valence-corrected chi connectivity index (χ0v) is 15.2. The van der Waals surface area contributed by atoms with Gasteiger partial charge < -0.3 is 9.64 Å². The highest BCUT2D eigenvalue weighted by Crippen LogP contribution is 2.17. The second kappa shape index (κ2) is 7.95. The van der Waals surface area contributed by atoms with Crippen molar-refractivity contribution in [1.29, 1.82) is 0 Å². The van der Waals surface area contributed by atoms with E-state index in [9.17, 15) is 0 Å². The molecule has 1 aliphatic rings. The van der Waals surface area contributed by atoms with Gasteiger partial charge in [0.15, 0.2) is 0 Å². The summed E-state index contributed by atoms with van der Waals surface area (Å²) < 4.78 is 7.86. The Morgan fingerprint density at radius 2 is 2.12 bits per heavy atom. The van der Waals surface area contributed by atoms with Gasteiger partial charge in [-0.25, -0.2) is 4.68 Å². The summed E-state index contributed by atoms with van der Waals surface area (Å²) >= 11 is 0. The molecule has 1 saturated heterocycles. The molecule has 130 valence electrons. The van der Waals surface area contributed by atoms with Crippen molar-refractivity contribution in [2.24, 2.45) is 0 Å². The van der Waals surface area contributed by atoms with Gasteiger partial charge in [0.1, 0.15) is 0 Å². The molecule has 1 fully saturated rings. The Hall–Kier alpha value is -1.65. The van der Waals surface area contributed by atoms with Gasteiger partial charge in [-0.2, -0.15) is 5.10 Å². The van der Waals surface area contributed by atoms with Crippen LogP contribution in [0, 0.1) is 13.8 Å². The fourth-order valence-corrected chi connectivity index (χ4v) is 3.47. The van der Waals surface area contributed by atoms with Crippen LogP contribution in [-0.4, -0.2) is 41.0 Å². The molecule has 1 aliphatic heterocycles. The second-order valence-corrected chi connectivity index (χ2v) is 7.02. The first-order valence-corrected chi connectivity index (χ1v) is 9.04. The van der Waals surface area contributed by atoms with Crippen molar-refractivity contribution in [3.63, 3.8) is 0 Å². The van der Waals surface area contributed by atoms with Gasteiger partial charge in [0.2, 0.25) is 0 Å². The fourth-order valence-electron chi connectivity index (χ4n) is 3.47. The Morgan fingerprint density at radius 1 is 1.25 bits per heavy atom. The second-order valence-electron chi connectivity index (χ2n) is 7.02. The van der Waals surface area contributed by atoms with Crippen molar-refractivity contribution < 1.29 is 4.74 Å². The van der Waals surface area contributed by atoms with Crippen LogP contribution in [-0.2, 0) is 11.3 Å². The number of nitrogens with zero attached hydrogens (tertiary/aromatic N) is 3. The van der Waals surface area contributed by atoms with Gasteiger partial charge in [-0.15, -0.1) is 0 Å². The SMILES string of the molecule is Cc1cc(C)n(-c2cccc(CN(C)CCC3CCCCO3)c2)n1. The Kier molecular flexibility index (Phi) is 5.69. The third-order valence-electron chi connectivity index (χ3n) is 4.72. The highest BCUT2D eigenvalue weighted by molar-refractivity contribution is 5.37. The van der Waals surface area contributed by atoms with Crippen LogP contribution >= 0.6 is 0 Å². The highest BCUT2D eigenvalue weighted by atomic mass is 16.5. The van der Waals surface area contributed by atoms with Gasteiger partial charge in [-0.3, -0.25) is 0 Å². The molecule has 4 heteroatoms. The van der Waals surface area contributed by atoms with Crippen molar-refractivity contribution in [1.82, 2.24) is 14.7 Å². The standard InChI is InChI=1S/C20H29N3O/c1-16-13-17(2)23(21-16)19-8-6-7-18(14-19)15-22(3)11-10-20-9-4-5-12-24-20/h6-8,13-14,20H,4-5,9-12,15H2,1-3H3. The van der Waals surface area contributed by atoms with Gasteiger partial charge in [0.05, 0.1) is 17.5 Å². The summed E-state index contributed by atoms with van der Waals surface area (Å²) in [6.07, 6.45) is 5.36. The average molecular weight is 327 g/mol. The molecule has 0 aliphatic carbocycles. The maximum absolute atomic E-state index is 5.83. The lowest BCUT2D eigenvalue weighted by molar-refractivity contribution is 0.00641. The number of hydrogen-bond acceptors (Lipinski definition) is 3. The maximum Gasteiger partial charge on any atom is 0.0651 e. The van der Waals surface area contributed by atoms with Crippen LogP contribution in [0.4, 0.5) is 0 Å². The molecule has 1 unspecified atom stereocenters. The predicted octanol–water partition coefficient (Wildman–Crippen LogP) is 3.88. The van der Waals surface area contributed by atoms with E-state index in [0.717, 1.165) is 37.5 Å². The summed E-state index contributed by atoms with van der Waals surface area (Å²) in [6.45, 7) is 7.12. The number of aryl methyl sites for hydroxylation is 2. The van der Waals surface area contributed by atoms with Gasteiger partial charge in [0, 0.05) is 25.4 Å². The Bertz CT molecular complexity index is 659. The molecule has 2 heterocycles. The van der Waals surface area contributed by atoms with Crippen LogP contribution in [0.15, 0.2) is 30.3 Å². The average Bonchev–Trinajstić information content (AvgIpc) is 2.93. The van der Waals surface area contributed by atoms with Crippen LogP contribution in [0.2, 0.25) is 0 Å². The summed E-state index contributed by atoms with van der Waals surface area (Å²) in [5, 5.41) is 4.58. The summed E-state index contributed by atoms with van der Waals surface area (Å²) in [6, 6.07) is 10.8. The molecule has 1 aromatic carbocycles. The van der Waals surface area contributed by atoms with E-state index in [2.05, 4.69) is 54.3 Å². The molecule has 2 aromatic rings. The first-order chi connectivity index (χ1) is 11.6. The van der Waals surface area contributed by atoms with E-state index in [1.807, 2.05) is 11.6 Å². The molecule has 4 nitrogen and oxygen atoms in total. The van der Waals surface area contributed by atoms with Crippen LogP contribution < -0.4 is 0 Å². The number of ether oxygens (including phenoxy) is 1. The summed E-state index contributed by atoms with van der Waals surface area (Å²) in [5.41, 5.74) is 4.70. The topological polar surface area (TPSA) is 30.3 Å². The van der Waals surface area contributed by atoms with Crippen LogP contribution in [0.3, 0.4) is 0 Å². The summed E-state index contributed by atoms with van der Waals surface area (Å²) in [4.78, 5) is 2.39. The Balaban J connectivity index is 1.58. The molecule has 0 radical (unpaired) electrons. The van der Waals surface area contributed by atoms with E-state index in [1.165, 1.54) is 30.5 Å². The highest BCUT2D eigenvalue weighted by Gasteiger charge is 2.14. The normalized spacial score (nSPS) is 18.2. The molecule has 0 bridgehead atoms. The number of benzene rings is 1. The van der Waals surface area contributed by atoms with Crippen molar-refractivity contribution in [3.05, 3.63) is 47.3 Å². The molecular weight excluding hydrogens is 298 g/mol. The fraction of sp³-hybridized carbons (Fsp3) is 0.550. The quantitative estimate of drug-likeness (QED) is 0.806. The predicted molar refractivity (Wildman–Crippen MR) is 97.6 cm³/mol. The van der Waals surface area contributed by atoms with Gasteiger partial charge in [-0.05, 0) is 70.3 Å². The molecule has 0 N–H and O–H groups in total. The van der Waals surface area contributed by atoms with Crippen molar-refractivity contribution >= 4 is 0 Å².